The van der Waals surface area contributed by atoms with E-state index in [-0.39, 0.29) is 16.8 Å². The first kappa shape index (κ1) is 16.9. The molecule has 1 aliphatic heterocycles. The summed E-state index contributed by atoms with van der Waals surface area (Å²) in [5, 5.41) is 5.21. The van der Waals surface area contributed by atoms with Crippen LogP contribution in [0, 0.1) is 12.8 Å². The predicted molar refractivity (Wildman–Crippen MR) is 84.8 cm³/mol. The van der Waals surface area contributed by atoms with Crippen LogP contribution >= 0.6 is 0 Å². The van der Waals surface area contributed by atoms with Crippen LogP contribution < -0.4 is 10.9 Å². The Morgan fingerprint density at radius 3 is 2.68 bits per heavy atom. The van der Waals surface area contributed by atoms with Crippen LogP contribution in [0.4, 0.5) is 0 Å². The van der Waals surface area contributed by atoms with E-state index in [1.54, 1.807) is 24.0 Å². The third kappa shape index (κ3) is 3.31. The van der Waals surface area contributed by atoms with Gasteiger partial charge in [0.25, 0.3) is 5.91 Å². The summed E-state index contributed by atoms with van der Waals surface area (Å²) in [6, 6.07) is 4.59. The number of carbonyl (C=O) groups excluding carboxylic acids is 1. The highest BCUT2D eigenvalue weighted by Gasteiger charge is 2.31. The van der Waals surface area contributed by atoms with Gasteiger partial charge in [0, 0.05) is 24.7 Å². The number of hydrogen-bond donors (Lipinski definition) is 2. The number of carbonyl (C=O) groups is 1. The molecule has 1 aliphatic rings. The fourth-order valence-corrected chi connectivity index (χ4v) is 3.87. The zero-order chi connectivity index (χ0) is 16.5. The van der Waals surface area contributed by atoms with Crippen molar-refractivity contribution in [2.45, 2.75) is 37.6 Å². The van der Waals surface area contributed by atoms with Crippen molar-refractivity contribution < 1.29 is 13.2 Å². The summed E-state index contributed by atoms with van der Waals surface area (Å²) in [4.78, 5) is 14.5. The fourth-order valence-electron chi connectivity index (χ4n) is 3.07. The molecule has 0 unspecified atom stereocenters. The SMILES string of the molecule is Cc1ccc(C(=O)N2CCC[C@@H](C)[C@@H]2CN)cc1S(N)(=O)=O. The molecule has 0 aromatic heterocycles. The van der Waals surface area contributed by atoms with Crippen LogP contribution in [0.2, 0.25) is 0 Å². The van der Waals surface area contributed by atoms with Gasteiger partial charge >= 0.3 is 0 Å². The highest BCUT2D eigenvalue weighted by atomic mass is 32.2. The smallest absolute Gasteiger partial charge is 0.254 e. The number of hydrogen-bond acceptors (Lipinski definition) is 4. The summed E-state index contributed by atoms with van der Waals surface area (Å²) in [6.45, 7) is 4.78. The first-order chi connectivity index (χ1) is 10.3. The van der Waals surface area contributed by atoms with Crippen molar-refractivity contribution in [3.05, 3.63) is 29.3 Å². The summed E-state index contributed by atoms with van der Waals surface area (Å²) in [5.41, 5.74) is 6.68. The molecular formula is C15H23N3O3S. The summed E-state index contributed by atoms with van der Waals surface area (Å²) >= 11 is 0. The summed E-state index contributed by atoms with van der Waals surface area (Å²) in [6.07, 6.45) is 1.97. The van der Waals surface area contributed by atoms with Crippen molar-refractivity contribution in [3.63, 3.8) is 0 Å². The molecular weight excluding hydrogens is 302 g/mol. The van der Waals surface area contributed by atoms with Crippen LogP contribution in [-0.4, -0.2) is 38.4 Å². The van der Waals surface area contributed by atoms with E-state index in [9.17, 15) is 13.2 Å². The van der Waals surface area contributed by atoms with Crippen molar-refractivity contribution in [1.29, 1.82) is 0 Å². The second-order valence-electron chi connectivity index (χ2n) is 5.95. The number of nitrogens with two attached hydrogens (primary N) is 2. The first-order valence-electron chi connectivity index (χ1n) is 7.40. The molecule has 4 N–H and O–H groups in total. The first-order valence-corrected chi connectivity index (χ1v) is 8.95. The van der Waals surface area contributed by atoms with Gasteiger partial charge in [0.1, 0.15) is 0 Å². The Kier molecular flexibility index (Phi) is 4.89. The van der Waals surface area contributed by atoms with Crippen LogP contribution in [0.15, 0.2) is 23.1 Å². The zero-order valence-electron chi connectivity index (χ0n) is 13.0. The van der Waals surface area contributed by atoms with E-state index in [4.69, 9.17) is 10.9 Å². The minimum Gasteiger partial charge on any atom is -0.334 e. The molecule has 0 saturated carbocycles. The molecule has 22 heavy (non-hydrogen) atoms. The number of benzene rings is 1. The van der Waals surface area contributed by atoms with Gasteiger partial charge in [-0.1, -0.05) is 13.0 Å². The number of amides is 1. The lowest BCUT2D eigenvalue weighted by Crippen LogP contribution is -2.51. The van der Waals surface area contributed by atoms with Gasteiger partial charge in [0.15, 0.2) is 0 Å². The van der Waals surface area contributed by atoms with E-state index in [0.29, 0.717) is 30.1 Å². The van der Waals surface area contributed by atoms with E-state index in [0.717, 1.165) is 12.8 Å². The van der Waals surface area contributed by atoms with E-state index in [2.05, 4.69) is 6.92 Å². The highest BCUT2D eigenvalue weighted by Crippen LogP contribution is 2.25. The zero-order valence-corrected chi connectivity index (χ0v) is 13.8. The van der Waals surface area contributed by atoms with E-state index in [1.807, 2.05) is 0 Å². The molecule has 6 nitrogen and oxygen atoms in total. The van der Waals surface area contributed by atoms with E-state index < -0.39 is 10.0 Å². The topological polar surface area (TPSA) is 106 Å². The minimum absolute atomic E-state index is 0.00675. The summed E-state index contributed by atoms with van der Waals surface area (Å²) in [7, 11) is -3.85. The number of rotatable bonds is 3. The van der Waals surface area contributed by atoms with E-state index >= 15 is 0 Å². The molecule has 1 aromatic carbocycles. The standard InChI is InChI=1S/C15H23N3O3S/c1-10-4-3-7-18(13(10)9-16)15(19)12-6-5-11(2)14(8-12)22(17,20)21/h5-6,8,10,13H,3-4,7,9,16H2,1-2H3,(H2,17,20,21)/t10-,13+/m1/s1. The van der Waals surface area contributed by atoms with Crippen molar-refractivity contribution in [1.82, 2.24) is 4.90 Å². The Bertz CT molecular complexity index is 673. The monoisotopic (exact) mass is 325 g/mol. The maximum Gasteiger partial charge on any atom is 0.254 e. The third-order valence-corrected chi connectivity index (χ3v) is 5.41. The van der Waals surface area contributed by atoms with Gasteiger partial charge in [0.05, 0.1) is 4.90 Å². The van der Waals surface area contributed by atoms with Gasteiger partial charge in [-0.2, -0.15) is 0 Å². The average Bonchev–Trinajstić information content (AvgIpc) is 2.45. The van der Waals surface area contributed by atoms with Crippen LogP contribution in [-0.2, 0) is 10.0 Å². The Balaban J connectivity index is 2.37. The Morgan fingerprint density at radius 2 is 2.09 bits per heavy atom. The molecule has 122 valence electrons. The van der Waals surface area contributed by atoms with Crippen LogP contribution in [0.3, 0.4) is 0 Å². The Hall–Kier alpha value is -1.44. The van der Waals surface area contributed by atoms with Crippen LogP contribution in [0.1, 0.15) is 35.7 Å². The number of aryl methyl sites for hydroxylation is 1. The quantitative estimate of drug-likeness (QED) is 0.858. The lowest BCUT2D eigenvalue weighted by Gasteiger charge is -2.39. The third-order valence-electron chi connectivity index (χ3n) is 4.36. The maximum atomic E-state index is 12.7. The molecule has 0 bridgehead atoms. The van der Waals surface area contributed by atoms with Gasteiger partial charge in [-0.15, -0.1) is 0 Å². The van der Waals surface area contributed by atoms with Gasteiger partial charge in [0.2, 0.25) is 10.0 Å². The molecule has 0 spiro atoms. The molecule has 7 heteroatoms. The Morgan fingerprint density at radius 1 is 1.41 bits per heavy atom. The molecule has 1 heterocycles. The largest absolute Gasteiger partial charge is 0.334 e. The highest BCUT2D eigenvalue weighted by molar-refractivity contribution is 7.89. The molecule has 1 amide bonds. The van der Waals surface area contributed by atoms with Crippen LogP contribution in [0.25, 0.3) is 0 Å². The Labute approximate surface area is 131 Å². The number of likely N-dealkylation sites (tertiary alicyclic amines) is 1. The maximum absolute atomic E-state index is 12.7. The molecule has 1 fully saturated rings. The fraction of sp³-hybridized carbons (Fsp3) is 0.533. The van der Waals surface area contributed by atoms with Crippen molar-refractivity contribution in [2.75, 3.05) is 13.1 Å². The second-order valence-corrected chi connectivity index (χ2v) is 7.48. The average molecular weight is 325 g/mol. The molecule has 2 atom stereocenters. The van der Waals surface area contributed by atoms with Gasteiger partial charge in [-0.05, 0) is 43.4 Å². The number of primary sulfonamides is 1. The van der Waals surface area contributed by atoms with Crippen molar-refractivity contribution >= 4 is 15.9 Å². The van der Waals surface area contributed by atoms with Gasteiger partial charge < -0.3 is 10.6 Å². The molecule has 0 aliphatic carbocycles. The van der Waals surface area contributed by atoms with Gasteiger partial charge in [-0.3, -0.25) is 4.79 Å². The van der Waals surface area contributed by atoms with E-state index in [1.165, 1.54) is 6.07 Å². The molecule has 2 rings (SSSR count). The lowest BCUT2D eigenvalue weighted by molar-refractivity contribution is 0.0532. The predicted octanol–water partition coefficient (Wildman–Crippen LogP) is 0.842. The second kappa shape index (κ2) is 6.36. The van der Waals surface area contributed by atoms with Gasteiger partial charge in [-0.25, -0.2) is 13.6 Å². The molecule has 1 aromatic rings. The number of sulfonamides is 1. The minimum atomic E-state index is -3.85. The number of piperidine rings is 1. The normalized spacial score (nSPS) is 22.6. The number of nitrogens with zero attached hydrogens (tertiary/aromatic N) is 1. The molecule has 0 radical (unpaired) electrons. The van der Waals surface area contributed by atoms with Crippen LogP contribution in [0.5, 0.6) is 0 Å². The van der Waals surface area contributed by atoms with Crippen molar-refractivity contribution in [3.8, 4) is 0 Å². The van der Waals surface area contributed by atoms with Crippen molar-refractivity contribution in [2.24, 2.45) is 16.8 Å². The summed E-state index contributed by atoms with van der Waals surface area (Å²) < 4.78 is 23.2. The summed E-state index contributed by atoms with van der Waals surface area (Å²) in [5.74, 6) is 0.151. The lowest BCUT2D eigenvalue weighted by atomic mass is 9.90. The molecule has 1 saturated heterocycles.